The number of nitrogens with two attached hydrogens (primary N) is 1. The number of hydrogen-bond acceptors (Lipinski definition) is 2. The smallest absolute Gasteiger partial charge is 0.0528 e. The van der Waals surface area contributed by atoms with Gasteiger partial charge in [0.2, 0.25) is 0 Å². The van der Waals surface area contributed by atoms with Gasteiger partial charge < -0.3 is 5.73 Å². The monoisotopic (exact) mass is 300 g/mol. The predicted octanol–water partition coefficient (Wildman–Crippen LogP) is 4.26. The van der Waals surface area contributed by atoms with Gasteiger partial charge in [0, 0.05) is 21.7 Å². The van der Waals surface area contributed by atoms with Gasteiger partial charge in [-0.15, -0.1) is 0 Å². The van der Waals surface area contributed by atoms with Gasteiger partial charge in [-0.1, -0.05) is 42.6 Å². The number of halogens is 2. The molecule has 0 aromatic heterocycles. The van der Waals surface area contributed by atoms with Crippen LogP contribution in [0.2, 0.25) is 10.0 Å². The maximum atomic E-state index is 6.41. The van der Waals surface area contributed by atoms with Crippen molar-refractivity contribution in [3.8, 4) is 0 Å². The molecule has 1 aromatic rings. The first-order chi connectivity index (χ1) is 9.15. The second kappa shape index (κ2) is 6.94. The highest BCUT2D eigenvalue weighted by Crippen LogP contribution is 2.37. The summed E-state index contributed by atoms with van der Waals surface area (Å²) < 4.78 is 0. The number of nitrogens with zero attached hydrogens (tertiary/aromatic N) is 1. The molecule has 1 saturated heterocycles. The molecular formula is C15H22Cl2N2. The van der Waals surface area contributed by atoms with Gasteiger partial charge in [0.25, 0.3) is 0 Å². The first-order valence-electron chi connectivity index (χ1n) is 7.08. The Kier molecular flexibility index (Phi) is 5.52. The normalized spacial score (nSPS) is 25.3. The molecule has 1 aromatic carbocycles. The fraction of sp³-hybridized carbons (Fsp3) is 0.600. The van der Waals surface area contributed by atoms with Gasteiger partial charge in [-0.3, -0.25) is 4.90 Å². The van der Waals surface area contributed by atoms with Gasteiger partial charge >= 0.3 is 0 Å². The van der Waals surface area contributed by atoms with E-state index >= 15 is 0 Å². The molecule has 2 nitrogen and oxygen atoms in total. The van der Waals surface area contributed by atoms with Crippen LogP contribution < -0.4 is 5.73 Å². The summed E-state index contributed by atoms with van der Waals surface area (Å²) in [7, 11) is 0. The van der Waals surface area contributed by atoms with Gasteiger partial charge in [0.05, 0.1) is 6.04 Å². The highest BCUT2D eigenvalue weighted by molar-refractivity contribution is 6.36. The van der Waals surface area contributed by atoms with Gasteiger partial charge in [-0.25, -0.2) is 0 Å². The molecule has 106 valence electrons. The van der Waals surface area contributed by atoms with Crippen LogP contribution in [0.3, 0.4) is 0 Å². The average molecular weight is 301 g/mol. The fourth-order valence-electron chi connectivity index (χ4n) is 2.99. The topological polar surface area (TPSA) is 29.3 Å². The third-order valence-corrected chi connectivity index (χ3v) is 4.50. The minimum Gasteiger partial charge on any atom is -0.326 e. The molecule has 2 rings (SSSR count). The van der Waals surface area contributed by atoms with Crippen molar-refractivity contribution in [3.63, 3.8) is 0 Å². The van der Waals surface area contributed by atoms with Crippen molar-refractivity contribution < 1.29 is 0 Å². The van der Waals surface area contributed by atoms with Gasteiger partial charge in [0.1, 0.15) is 0 Å². The molecule has 0 bridgehead atoms. The zero-order valence-electron chi connectivity index (χ0n) is 11.4. The lowest BCUT2D eigenvalue weighted by Gasteiger charge is -2.34. The Bertz CT molecular complexity index is 402. The third-order valence-electron chi connectivity index (χ3n) is 3.84. The molecule has 4 heteroatoms. The Morgan fingerprint density at radius 3 is 2.58 bits per heavy atom. The van der Waals surface area contributed by atoms with E-state index in [2.05, 4.69) is 11.8 Å². The Hall–Kier alpha value is -0.280. The second-order valence-corrected chi connectivity index (χ2v) is 6.09. The van der Waals surface area contributed by atoms with E-state index in [4.69, 9.17) is 28.9 Å². The van der Waals surface area contributed by atoms with Crippen LogP contribution in [0, 0.1) is 0 Å². The van der Waals surface area contributed by atoms with Crippen molar-refractivity contribution in [2.75, 3.05) is 13.1 Å². The summed E-state index contributed by atoms with van der Waals surface area (Å²) in [6.45, 7) is 4.31. The van der Waals surface area contributed by atoms with E-state index in [9.17, 15) is 0 Å². The minimum atomic E-state index is 0.103. The van der Waals surface area contributed by atoms with Crippen molar-refractivity contribution in [1.82, 2.24) is 4.90 Å². The Balaban J connectivity index is 2.40. The highest BCUT2D eigenvalue weighted by Gasteiger charge is 2.31. The standard InChI is InChI=1S/C15H22Cl2N2/c1-2-9-19-10-4-3-8-13(18)15(19)14-11(16)6-5-7-12(14)17/h5-7,13,15H,2-4,8-10,18H2,1H3. The lowest BCUT2D eigenvalue weighted by Crippen LogP contribution is -2.40. The van der Waals surface area contributed by atoms with E-state index in [1.54, 1.807) is 0 Å². The quantitative estimate of drug-likeness (QED) is 0.904. The van der Waals surface area contributed by atoms with Crippen LogP contribution in [0.4, 0.5) is 0 Å². The van der Waals surface area contributed by atoms with Crippen LogP contribution in [0.5, 0.6) is 0 Å². The molecule has 19 heavy (non-hydrogen) atoms. The molecular weight excluding hydrogens is 279 g/mol. The molecule has 2 unspecified atom stereocenters. The predicted molar refractivity (Wildman–Crippen MR) is 82.9 cm³/mol. The second-order valence-electron chi connectivity index (χ2n) is 5.28. The molecule has 1 aliphatic heterocycles. The molecule has 0 aliphatic carbocycles. The molecule has 2 N–H and O–H groups in total. The van der Waals surface area contributed by atoms with Crippen molar-refractivity contribution in [2.24, 2.45) is 5.73 Å². The van der Waals surface area contributed by atoms with Crippen LogP contribution in [0.25, 0.3) is 0 Å². The summed E-state index contributed by atoms with van der Waals surface area (Å²) >= 11 is 12.8. The molecule has 2 atom stereocenters. The zero-order valence-corrected chi connectivity index (χ0v) is 12.9. The maximum absolute atomic E-state index is 6.41. The lowest BCUT2D eigenvalue weighted by atomic mass is 9.96. The number of rotatable bonds is 3. The summed E-state index contributed by atoms with van der Waals surface area (Å²) in [4.78, 5) is 2.45. The Morgan fingerprint density at radius 2 is 1.95 bits per heavy atom. The first kappa shape index (κ1) is 15.1. The Morgan fingerprint density at radius 1 is 1.26 bits per heavy atom. The maximum Gasteiger partial charge on any atom is 0.0528 e. The van der Waals surface area contributed by atoms with Crippen LogP contribution in [-0.4, -0.2) is 24.0 Å². The summed E-state index contributed by atoms with van der Waals surface area (Å²) in [6, 6.07) is 5.95. The van der Waals surface area contributed by atoms with Crippen LogP contribution in [0.15, 0.2) is 18.2 Å². The Labute approximate surface area is 125 Å². The summed E-state index contributed by atoms with van der Waals surface area (Å²) in [5.74, 6) is 0. The lowest BCUT2D eigenvalue weighted by molar-refractivity contribution is 0.186. The zero-order chi connectivity index (χ0) is 13.8. The molecule has 1 fully saturated rings. The highest BCUT2D eigenvalue weighted by atomic mass is 35.5. The largest absolute Gasteiger partial charge is 0.326 e. The van der Waals surface area contributed by atoms with Crippen LogP contribution in [0.1, 0.15) is 44.2 Å². The van der Waals surface area contributed by atoms with Gasteiger partial charge in [-0.05, 0) is 44.5 Å². The summed E-state index contributed by atoms with van der Waals surface area (Å²) in [5, 5.41) is 1.46. The molecule has 1 aliphatic rings. The minimum absolute atomic E-state index is 0.103. The summed E-state index contributed by atoms with van der Waals surface area (Å²) in [5.41, 5.74) is 7.42. The van der Waals surface area contributed by atoms with Crippen LogP contribution >= 0.6 is 23.2 Å². The molecule has 1 heterocycles. The fourth-order valence-corrected chi connectivity index (χ4v) is 3.61. The van der Waals surface area contributed by atoms with Crippen molar-refractivity contribution in [2.45, 2.75) is 44.7 Å². The molecule has 0 radical (unpaired) electrons. The van der Waals surface area contributed by atoms with Crippen LogP contribution in [-0.2, 0) is 0 Å². The molecule has 0 saturated carbocycles. The van der Waals surface area contributed by atoms with Gasteiger partial charge in [-0.2, -0.15) is 0 Å². The number of likely N-dealkylation sites (tertiary alicyclic amines) is 1. The summed E-state index contributed by atoms with van der Waals surface area (Å²) in [6.07, 6.45) is 4.53. The van der Waals surface area contributed by atoms with Crippen molar-refractivity contribution in [3.05, 3.63) is 33.8 Å². The van der Waals surface area contributed by atoms with E-state index < -0.39 is 0 Å². The SMILES string of the molecule is CCCN1CCCCC(N)C1c1c(Cl)cccc1Cl. The van der Waals surface area contributed by atoms with E-state index in [-0.39, 0.29) is 12.1 Å². The van der Waals surface area contributed by atoms with E-state index in [1.807, 2.05) is 18.2 Å². The first-order valence-corrected chi connectivity index (χ1v) is 7.84. The van der Waals surface area contributed by atoms with E-state index in [0.717, 1.165) is 41.5 Å². The van der Waals surface area contributed by atoms with E-state index in [0.29, 0.717) is 0 Å². The number of hydrogen-bond donors (Lipinski definition) is 1. The molecule has 0 spiro atoms. The van der Waals surface area contributed by atoms with Crippen molar-refractivity contribution >= 4 is 23.2 Å². The third kappa shape index (κ3) is 3.43. The van der Waals surface area contributed by atoms with Gasteiger partial charge in [0.15, 0.2) is 0 Å². The number of benzene rings is 1. The van der Waals surface area contributed by atoms with Crippen molar-refractivity contribution in [1.29, 1.82) is 0 Å². The average Bonchev–Trinajstić information content (AvgIpc) is 2.54. The van der Waals surface area contributed by atoms with E-state index in [1.165, 1.54) is 12.8 Å². The molecule has 0 amide bonds.